The lowest BCUT2D eigenvalue weighted by molar-refractivity contribution is 0.632. The van der Waals surface area contributed by atoms with E-state index in [0.717, 1.165) is 0 Å². The van der Waals surface area contributed by atoms with Crippen molar-refractivity contribution in [1.29, 1.82) is 5.26 Å². The molecule has 0 saturated heterocycles. The molecule has 90 valence electrons. The van der Waals surface area contributed by atoms with E-state index in [2.05, 4.69) is 10.3 Å². The van der Waals surface area contributed by atoms with Gasteiger partial charge in [-0.05, 0) is 30.3 Å². The minimum atomic E-state index is -0.511. The molecule has 3 nitrogen and oxygen atoms in total. The third kappa shape index (κ3) is 2.89. The van der Waals surface area contributed by atoms with Crippen molar-refractivity contribution in [3.05, 3.63) is 51.9 Å². The molecule has 0 bridgehead atoms. The first kappa shape index (κ1) is 12.6. The fourth-order valence-electron chi connectivity index (χ4n) is 1.35. The molecule has 18 heavy (non-hydrogen) atoms. The molecule has 0 aliphatic rings. The summed E-state index contributed by atoms with van der Waals surface area (Å²) in [5.41, 5.74) is 0.546. The van der Waals surface area contributed by atoms with E-state index < -0.39 is 5.82 Å². The van der Waals surface area contributed by atoms with Crippen LogP contribution in [0.15, 0.2) is 30.3 Å². The van der Waals surface area contributed by atoms with E-state index >= 15 is 0 Å². The maximum atomic E-state index is 13.5. The highest BCUT2D eigenvalue weighted by molar-refractivity contribution is 6.30. The van der Waals surface area contributed by atoms with Crippen LogP contribution in [0.1, 0.15) is 5.56 Å². The highest BCUT2D eigenvalue weighted by Gasteiger charge is 2.06. The highest BCUT2D eigenvalue weighted by Crippen LogP contribution is 2.23. The van der Waals surface area contributed by atoms with E-state index in [0.29, 0.717) is 16.4 Å². The highest BCUT2D eigenvalue weighted by atomic mass is 35.5. The molecule has 0 fully saturated rings. The van der Waals surface area contributed by atoms with E-state index in [1.54, 1.807) is 6.07 Å². The van der Waals surface area contributed by atoms with Crippen molar-refractivity contribution in [3.8, 4) is 6.07 Å². The smallest absolute Gasteiger partial charge is 0.148 e. The molecule has 0 aliphatic carbocycles. The van der Waals surface area contributed by atoms with Crippen molar-refractivity contribution in [2.75, 3.05) is 5.32 Å². The van der Waals surface area contributed by atoms with Crippen LogP contribution >= 0.6 is 23.2 Å². The van der Waals surface area contributed by atoms with Gasteiger partial charge in [0.05, 0.1) is 17.3 Å². The third-order valence-electron chi connectivity index (χ3n) is 2.12. The van der Waals surface area contributed by atoms with E-state index in [4.69, 9.17) is 28.5 Å². The maximum absolute atomic E-state index is 13.5. The first-order valence-corrected chi connectivity index (χ1v) is 5.64. The average molecular weight is 282 g/mol. The topological polar surface area (TPSA) is 48.7 Å². The summed E-state index contributed by atoms with van der Waals surface area (Å²) in [5.74, 6) is -0.219. The number of pyridine rings is 1. The Bertz CT molecular complexity index is 638. The Morgan fingerprint density at radius 1 is 1.22 bits per heavy atom. The molecule has 6 heteroatoms. The quantitative estimate of drug-likeness (QED) is 0.842. The van der Waals surface area contributed by atoms with Crippen molar-refractivity contribution < 1.29 is 4.39 Å². The van der Waals surface area contributed by atoms with Crippen molar-refractivity contribution in [3.63, 3.8) is 0 Å². The average Bonchev–Trinajstić information content (AvgIpc) is 2.32. The van der Waals surface area contributed by atoms with Crippen LogP contribution in [0.3, 0.4) is 0 Å². The first-order valence-electron chi connectivity index (χ1n) is 4.88. The number of benzene rings is 1. The second-order valence-corrected chi connectivity index (χ2v) is 4.25. The van der Waals surface area contributed by atoms with Gasteiger partial charge in [-0.2, -0.15) is 5.26 Å². The van der Waals surface area contributed by atoms with Gasteiger partial charge in [0.2, 0.25) is 0 Å². The standard InChI is InChI=1S/C12H6Cl2FN3/c13-8-1-2-10(9(15)5-8)17-12-4-7(6-16)3-11(14)18-12/h1-5H,(H,17,18). The van der Waals surface area contributed by atoms with Crippen LogP contribution in [-0.2, 0) is 0 Å². The second-order valence-electron chi connectivity index (χ2n) is 3.42. The Hall–Kier alpha value is -1.83. The van der Waals surface area contributed by atoms with Gasteiger partial charge < -0.3 is 5.32 Å². The Labute approximate surface area is 113 Å². The summed E-state index contributed by atoms with van der Waals surface area (Å²) in [4.78, 5) is 3.94. The molecule has 2 rings (SSSR count). The number of hydrogen-bond acceptors (Lipinski definition) is 3. The molecule has 0 radical (unpaired) electrons. The summed E-state index contributed by atoms with van der Waals surface area (Å²) < 4.78 is 13.5. The molecular weight excluding hydrogens is 276 g/mol. The van der Waals surface area contributed by atoms with Gasteiger partial charge in [0, 0.05) is 5.02 Å². The predicted molar refractivity (Wildman–Crippen MR) is 68.7 cm³/mol. The fraction of sp³-hybridized carbons (Fsp3) is 0. The Kier molecular flexibility index (Phi) is 3.66. The van der Waals surface area contributed by atoms with Crippen LogP contribution < -0.4 is 5.32 Å². The number of nitrogens with zero attached hydrogens (tertiary/aromatic N) is 2. The summed E-state index contributed by atoms with van der Waals surface area (Å²) in [5, 5.41) is 12.0. The molecular formula is C12H6Cl2FN3. The van der Waals surface area contributed by atoms with Gasteiger partial charge in [0.25, 0.3) is 0 Å². The number of anilines is 2. The number of hydrogen-bond donors (Lipinski definition) is 1. The number of halogens is 3. The fourth-order valence-corrected chi connectivity index (χ4v) is 1.72. The summed E-state index contributed by atoms with van der Waals surface area (Å²) in [7, 11) is 0. The predicted octanol–water partition coefficient (Wildman–Crippen LogP) is 4.14. The third-order valence-corrected chi connectivity index (χ3v) is 2.55. The molecule has 0 atom stereocenters. The van der Waals surface area contributed by atoms with E-state index in [-0.39, 0.29) is 10.8 Å². The Morgan fingerprint density at radius 3 is 2.67 bits per heavy atom. The summed E-state index contributed by atoms with van der Waals surface area (Å²) in [6, 6.07) is 9.04. The minimum absolute atomic E-state index is 0.158. The van der Waals surface area contributed by atoms with Crippen molar-refractivity contribution in [2.45, 2.75) is 0 Å². The van der Waals surface area contributed by atoms with Gasteiger partial charge in [0.1, 0.15) is 16.8 Å². The number of nitriles is 1. The molecule has 1 aromatic carbocycles. The molecule has 0 aliphatic heterocycles. The second kappa shape index (κ2) is 5.21. The van der Waals surface area contributed by atoms with Gasteiger partial charge in [0.15, 0.2) is 0 Å². The number of rotatable bonds is 2. The zero-order chi connectivity index (χ0) is 13.1. The van der Waals surface area contributed by atoms with E-state index in [1.807, 2.05) is 6.07 Å². The molecule has 0 unspecified atom stereocenters. The largest absolute Gasteiger partial charge is 0.338 e. The summed E-state index contributed by atoms with van der Waals surface area (Å²) >= 11 is 11.4. The van der Waals surface area contributed by atoms with E-state index in [1.165, 1.54) is 24.3 Å². The first-order chi connectivity index (χ1) is 8.58. The maximum Gasteiger partial charge on any atom is 0.148 e. The van der Waals surface area contributed by atoms with Gasteiger partial charge in [-0.3, -0.25) is 0 Å². The van der Waals surface area contributed by atoms with Gasteiger partial charge in [-0.25, -0.2) is 9.37 Å². The van der Waals surface area contributed by atoms with Gasteiger partial charge in [-0.15, -0.1) is 0 Å². The molecule has 2 aromatic rings. The zero-order valence-electron chi connectivity index (χ0n) is 8.92. The summed E-state index contributed by atoms with van der Waals surface area (Å²) in [6.45, 7) is 0. The SMILES string of the molecule is N#Cc1cc(Cl)nc(Nc2ccc(Cl)cc2F)c1. The molecule has 0 saturated carbocycles. The number of aromatic nitrogens is 1. The molecule has 1 heterocycles. The van der Waals surface area contributed by atoms with Crippen LogP contribution in [0.4, 0.5) is 15.9 Å². The van der Waals surface area contributed by atoms with Crippen molar-refractivity contribution >= 4 is 34.7 Å². The zero-order valence-corrected chi connectivity index (χ0v) is 10.4. The molecule has 1 N–H and O–H groups in total. The van der Waals surface area contributed by atoms with Crippen LogP contribution in [0.2, 0.25) is 10.2 Å². The van der Waals surface area contributed by atoms with Gasteiger partial charge >= 0.3 is 0 Å². The van der Waals surface area contributed by atoms with Gasteiger partial charge in [-0.1, -0.05) is 23.2 Å². The minimum Gasteiger partial charge on any atom is -0.338 e. The molecule has 0 spiro atoms. The van der Waals surface area contributed by atoms with Crippen molar-refractivity contribution in [1.82, 2.24) is 4.98 Å². The molecule has 0 amide bonds. The Morgan fingerprint density at radius 2 is 2.00 bits per heavy atom. The molecule has 1 aromatic heterocycles. The van der Waals surface area contributed by atoms with Crippen LogP contribution in [-0.4, -0.2) is 4.98 Å². The Balaban J connectivity index is 2.34. The van der Waals surface area contributed by atoms with Crippen molar-refractivity contribution in [2.24, 2.45) is 0 Å². The van der Waals surface area contributed by atoms with Crippen LogP contribution in [0.25, 0.3) is 0 Å². The normalized spacial score (nSPS) is 9.89. The number of nitrogens with one attached hydrogen (secondary N) is 1. The summed E-state index contributed by atoms with van der Waals surface area (Å²) in [6.07, 6.45) is 0. The van der Waals surface area contributed by atoms with Crippen LogP contribution in [0, 0.1) is 17.1 Å². The lowest BCUT2D eigenvalue weighted by Crippen LogP contribution is -1.97. The monoisotopic (exact) mass is 281 g/mol. The van der Waals surface area contributed by atoms with E-state index in [9.17, 15) is 4.39 Å². The van der Waals surface area contributed by atoms with Crippen LogP contribution in [0.5, 0.6) is 0 Å². The lowest BCUT2D eigenvalue weighted by atomic mass is 10.2. The lowest BCUT2D eigenvalue weighted by Gasteiger charge is -2.07.